The second-order valence-corrected chi connectivity index (χ2v) is 3.27. The number of ketones is 1. The molecular weight excluding hydrogens is 240 g/mol. The van der Waals surface area contributed by atoms with Crippen LogP contribution in [-0.4, -0.2) is 36.2 Å². The molecule has 0 amide bonds. The molecule has 0 saturated carbocycles. The minimum atomic E-state index is -1.08. The lowest BCUT2D eigenvalue weighted by Crippen LogP contribution is -2.13. The zero-order valence-corrected chi connectivity index (χ0v) is 9.84. The number of aromatic hydroxyl groups is 1. The molecule has 6 nitrogen and oxygen atoms in total. The average Bonchev–Trinajstić information content (AvgIpc) is 2.37. The van der Waals surface area contributed by atoms with Gasteiger partial charge in [0.05, 0.1) is 14.2 Å². The molecule has 0 aromatic heterocycles. The van der Waals surface area contributed by atoms with Crippen LogP contribution in [0.2, 0.25) is 0 Å². The van der Waals surface area contributed by atoms with Crippen LogP contribution < -0.4 is 4.74 Å². The lowest BCUT2D eigenvalue weighted by molar-refractivity contribution is -0.149. The molecule has 96 valence electrons. The topological polar surface area (TPSA) is 93.1 Å². The molecule has 0 unspecified atom stereocenters. The maximum Gasteiger partial charge on any atom is 0.378 e. The highest BCUT2D eigenvalue weighted by molar-refractivity contribution is 6.39. The van der Waals surface area contributed by atoms with E-state index in [0.29, 0.717) is 6.08 Å². The van der Waals surface area contributed by atoms with Gasteiger partial charge in [-0.3, -0.25) is 4.79 Å². The molecule has 0 radical (unpaired) electrons. The fourth-order valence-corrected chi connectivity index (χ4v) is 1.22. The van der Waals surface area contributed by atoms with Crippen LogP contribution in [0, 0.1) is 0 Å². The number of phenolic OH excluding ortho intramolecular Hbond substituents is 1. The van der Waals surface area contributed by atoms with Crippen LogP contribution in [0.25, 0.3) is 5.76 Å². The molecule has 0 aliphatic carbocycles. The molecule has 0 saturated heterocycles. The first-order chi connectivity index (χ1) is 8.49. The molecule has 2 N–H and O–H groups in total. The van der Waals surface area contributed by atoms with Gasteiger partial charge >= 0.3 is 5.97 Å². The van der Waals surface area contributed by atoms with Gasteiger partial charge in [-0.25, -0.2) is 4.79 Å². The number of ether oxygens (including phenoxy) is 2. The fourth-order valence-electron chi connectivity index (χ4n) is 1.22. The molecule has 0 heterocycles. The highest BCUT2D eigenvalue weighted by Crippen LogP contribution is 2.28. The third kappa shape index (κ3) is 3.00. The summed E-state index contributed by atoms with van der Waals surface area (Å²) < 4.78 is 9.02. The van der Waals surface area contributed by atoms with E-state index >= 15 is 0 Å². The molecule has 0 atom stereocenters. The van der Waals surface area contributed by atoms with Crippen molar-refractivity contribution in [2.45, 2.75) is 0 Å². The molecular formula is C12H12O6. The first-order valence-electron chi connectivity index (χ1n) is 4.90. The third-order valence-electron chi connectivity index (χ3n) is 2.13. The van der Waals surface area contributed by atoms with Gasteiger partial charge in [-0.2, -0.15) is 0 Å². The predicted octanol–water partition coefficient (Wildman–Crippen LogP) is 1.04. The minimum absolute atomic E-state index is 0.172. The summed E-state index contributed by atoms with van der Waals surface area (Å²) in [4.78, 5) is 22.0. The second kappa shape index (κ2) is 5.72. The summed E-state index contributed by atoms with van der Waals surface area (Å²) in [6, 6.07) is 4.04. The van der Waals surface area contributed by atoms with Crippen LogP contribution in [0.15, 0.2) is 24.3 Å². The Kier molecular flexibility index (Phi) is 4.31. The molecule has 6 heteroatoms. The molecule has 1 aromatic rings. The largest absolute Gasteiger partial charge is 0.507 e. The van der Waals surface area contributed by atoms with Crippen LogP contribution >= 0.6 is 0 Å². The van der Waals surface area contributed by atoms with Crippen molar-refractivity contribution in [1.29, 1.82) is 0 Å². The van der Waals surface area contributed by atoms with Crippen LogP contribution in [0.1, 0.15) is 5.56 Å². The van der Waals surface area contributed by atoms with Crippen molar-refractivity contribution < 1.29 is 29.3 Å². The predicted molar refractivity (Wildman–Crippen MR) is 62.3 cm³/mol. The lowest BCUT2D eigenvalue weighted by atomic mass is 10.1. The van der Waals surface area contributed by atoms with Crippen molar-refractivity contribution in [2.75, 3.05) is 14.2 Å². The third-order valence-corrected chi connectivity index (χ3v) is 2.13. The summed E-state index contributed by atoms with van der Waals surface area (Å²) in [6.07, 6.45) is 0.715. The fraction of sp³-hybridized carbons (Fsp3) is 0.167. The Morgan fingerprint density at radius 1 is 1.28 bits per heavy atom. The van der Waals surface area contributed by atoms with Gasteiger partial charge in [-0.1, -0.05) is 0 Å². The van der Waals surface area contributed by atoms with E-state index in [9.17, 15) is 19.8 Å². The number of carbonyl (C=O) groups excluding carboxylic acids is 2. The van der Waals surface area contributed by atoms with E-state index in [1.165, 1.54) is 25.3 Å². The number of aliphatic hydroxyl groups is 1. The van der Waals surface area contributed by atoms with E-state index in [1.807, 2.05) is 0 Å². The highest BCUT2D eigenvalue weighted by Gasteiger charge is 2.13. The van der Waals surface area contributed by atoms with Gasteiger partial charge in [0.2, 0.25) is 0 Å². The van der Waals surface area contributed by atoms with Crippen molar-refractivity contribution >= 4 is 17.5 Å². The Labute approximate surface area is 103 Å². The Morgan fingerprint density at radius 2 is 1.94 bits per heavy atom. The maximum atomic E-state index is 11.2. The normalized spacial score (nSPS) is 10.9. The second-order valence-electron chi connectivity index (χ2n) is 3.27. The Bertz CT molecular complexity index is 503. The molecule has 0 fully saturated rings. The smallest absolute Gasteiger partial charge is 0.378 e. The monoisotopic (exact) mass is 252 g/mol. The van der Waals surface area contributed by atoms with Gasteiger partial charge in [0.15, 0.2) is 11.5 Å². The standard InChI is InChI=1S/C12H12O6/c1-17-11-4-3-7(5-9(11)14)8(13)6-10(15)12(16)18-2/h3-6,13-14H,1-2H3/b8-6-. The first-order valence-corrected chi connectivity index (χ1v) is 4.90. The van der Waals surface area contributed by atoms with Crippen molar-refractivity contribution in [3.05, 3.63) is 29.8 Å². The van der Waals surface area contributed by atoms with Gasteiger partial charge in [0.1, 0.15) is 5.76 Å². The minimum Gasteiger partial charge on any atom is -0.507 e. The molecule has 1 rings (SSSR count). The van der Waals surface area contributed by atoms with Crippen molar-refractivity contribution in [3.8, 4) is 11.5 Å². The van der Waals surface area contributed by atoms with Gasteiger partial charge in [0.25, 0.3) is 5.78 Å². The van der Waals surface area contributed by atoms with Crippen LogP contribution in [0.5, 0.6) is 11.5 Å². The van der Waals surface area contributed by atoms with E-state index in [0.717, 1.165) is 7.11 Å². The van der Waals surface area contributed by atoms with Crippen LogP contribution in [-0.2, 0) is 14.3 Å². The number of aliphatic hydroxyl groups excluding tert-OH is 1. The SMILES string of the molecule is COC(=O)C(=O)/C=C(\O)c1ccc(OC)c(O)c1. The average molecular weight is 252 g/mol. The van der Waals surface area contributed by atoms with Gasteiger partial charge in [0, 0.05) is 11.6 Å². The number of benzene rings is 1. The van der Waals surface area contributed by atoms with E-state index in [4.69, 9.17) is 4.74 Å². The molecule has 0 aliphatic rings. The zero-order valence-electron chi connectivity index (χ0n) is 9.84. The van der Waals surface area contributed by atoms with Crippen molar-refractivity contribution in [1.82, 2.24) is 0 Å². The first kappa shape index (κ1) is 13.6. The van der Waals surface area contributed by atoms with E-state index in [1.54, 1.807) is 0 Å². The number of methoxy groups -OCH3 is 2. The van der Waals surface area contributed by atoms with E-state index in [2.05, 4.69) is 4.74 Å². The number of rotatable bonds is 4. The Balaban J connectivity index is 3.00. The lowest BCUT2D eigenvalue weighted by Gasteiger charge is -2.05. The van der Waals surface area contributed by atoms with Gasteiger partial charge in [-0.05, 0) is 18.2 Å². The summed E-state index contributed by atoms with van der Waals surface area (Å²) in [5.74, 6) is -2.50. The van der Waals surface area contributed by atoms with Crippen molar-refractivity contribution in [2.24, 2.45) is 0 Å². The molecule has 0 bridgehead atoms. The summed E-state index contributed by atoms with van der Waals surface area (Å²) >= 11 is 0. The molecule has 0 spiro atoms. The highest BCUT2D eigenvalue weighted by atomic mass is 16.5. The van der Waals surface area contributed by atoms with E-state index in [-0.39, 0.29) is 17.1 Å². The molecule has 18 heavy (non-hydrogen) atoms. The number of hydrogen-bond donors (Lipinski definition) is 2. The summed E-state index contributed by atoms with van der Waals surface area (Å²) in [6.45, 7) is 0. The van der Waals surface area contributed by atoms with Crippen LogP contribution in [0.4, 0.5) is 0 Å². The zero-order chi connectivity index (χ0) is 13.7. The summed E-state index contributed by atoms with van der Waals surface area (Å²) in [7, 11) is 2.44. The molecule has 0 aliphatic heterocycles. The van der Waals surface area contributed by atoms with Crippen molar-refractivity contribution in [3.63, 3.8) is 0 Å². The van der Waals surface area contributed by atoms with Gasteiger partial charge < -0.3 is 19.7 Å². The Morgan fingerprint density at radius 3 is 2.44 bits per heavy atom. The molecule has 1 aromatic carbocycles. The van der Waals surface area contributed by atoms with Gasteiger partial charge in [-0.15, -0.1) is 0 Å². The number of esters is 1. The number of carbonyl (C=O) groups is 2. The van der Waals surface area contributed by atoms with E-state index < -0.39 is 17.5 Å². The summed E-state index contributed by atoms with van der Waals surface area (Å²) in [5, 5.41) is 19.1. The Hall–Kier alpha value is -2.50. The maximum absolute atomic E-state index is 11.2. The van der Waals surface area contributed by atoms with Crippen LogP contribution in [0.3, 0.4) is 0 Å². The quantitative estimate of drug-likeness (QED) is 0.360. The number of phenols is 1. The summed E-state index contributed by atoms with van der Waals surface area (Å²) in [5.41, 5.74) is 0.172. The number of hydrogen-bond acceptors (Lipinski definition) is 6.